The van der Waals surface area contributed by atoms with Crippen molar-refractivity contribution in [2.75, 3.05) is 19.7 Å². The smallest absolute Gasteiger partial charge is 0.260 e. The van der Waals surface area contributed by atoms with Crippen molar-refractivity contribution in [3.8, 4) is 5.75 Å². The standard InChI is InChI=1S/C21H25N3O3/c1-2-18(23-21(26)16-8-7-11-22-14-16)17-9-3-4-10-19(17)27-15-20(25)24-12-5-6-13-24/h3-4,7-11,14,18H,2,5-6,12-13,15H2,1H3,(H,23,26)/t18-/m0/s1. The summed E-state index contributed by atoms with van der Waals surface area (Å²) in [4.78, 5) is 30.6. The molecular formula is C21H25N3O3. The normalized spacial score (nSPS) is 14.6. The van der Waals surface area contributed by atoms with Crippen LogP contribution in [0.3, 0.4) is 0 Å². The van der Waals surface area contributed by atoms with Gasteiger partial charge in [-0.3, -0.25) is 14.6 Å². The molecule has 0 bridgehead atoms. The van der Waals surface area contributed by atoms with Crippen LogP contribution in [0, 0.1) is 0 Å². The quantitative estimate of drug-likeness (QED) is 0.817. The summed E-state index contributed by atoms with van der Waals surface area (Å²) >= 11 is 0. The van der Waals surface area contributed by atoms with Gasteiger partial charge in [0.2, 0.25) is 0 Å². The lowest BCUT2D eigenvalue weighted by atomic mass is 10.0. The summed E-state index contributed by atoms with van der Waals surface area (Å²) in [6, 6.07) is 10.8. The Bertz CT molecular complexity index is 773. The summed E-state index contributed by atoms with van der Waals surface area (Å²) in [6.07, 6.45) is 5.99. The first-order valence-corrected chi connectivity index (χ1v) is 9.39. The van der Waals surface area contributed by atoms with E-state index in [4.69, 9.17) is 4.74 Å². The number of amides is 2. The Morgan fingerprint density at radius 2 is 1.96 bits per heavy atom. The zero-order valence-electron chi connectivity index (χ0n) is 15.6. The predicted octanol–water partition coefficient (Wildman–Crippen LogP) is 2.96. The zero-order chi connectivity index (χ0) is 19.1. The van der Waals surface area contributed by atoms with Gasteiger partial charge in [-0.15, -0.1) is 0 Å². The number of carbonyl (C=O) groups is 2. The van der Waals surface area contributed by atoms with Gasteiger partial charge in [0, 0.05) is 31.0 Å². The molecule has 1 aliphatic heterocycles. The van der Waals surface area contributed by atoms with Gasteiger partial charge in [-0.1, -0.05) is 25.1 Å². The summed E-state index contributed by atoms with van der Waals surface area (Å²) in [5.74, 6) is 0.455. The van der Waals surface area contributed by atoms with E-state index in [9.17, 15) is 9.59 Å². The molecular weight excluding hydrogens is 342 g/mol. The lowest BCUT2D eigenvalue weighted by Gasteiger charge is -2.21. The Kier molecular flexibility index (Phi) is 6.41. The monoisotopic (exact) mass is 367 g/mol. The molecule has 1 saturated heterocycles. The van der Waals surface area contributed by atoms with Crippen LogP contribution in [0.2, 0.25) is 0 Å². The average molecular weight is 367 g/mol. The second-order valence-corrected chi connectivity index (χ2v) is 6.59. The van der Waals surface area contributed by atoms with Crippen molar-refractivity contribution in [2.24, 2.45) is 0 Å². The lowest BCUT2D eigenvalue weighted by molar-refractivity contribution is -0.132. The molecule has 6 nitrogen and oxygen atoms in total. The third kappa shape index (κ3) is 4.84. The topological polar surface area (TPSA) is 71.5 Å². The molecule has 1 aliphatic rings. The summed E-state index contributed by atoms with van der Waals surface area (Å²) in [7, 11) is 0. The maximum absolute atomic E-state index is 12.5. The van der Waals surface area contributed by atoms with E-state index < -0.39 is 0 Å². The number of hydrogen-bond acceptors (Lipinski definition) is 4. The van der Waals surface area contributed by atoms with Gasteiger partial charge in [-0.25, -0.2) is 0 Å². The lowest BCUT2D eigenvalue weighted by Crippen LogP contribution is -2.32. The molecule has 2 aromatic rings. The molecule has 1 N–H and O–H groups in total. The van der Waals surface area contributed by atoms with E-state index in [1.54, 1.807) is 24.5 Å². The molecule has 3 rings (SSSR count). The van der Waals surface area contributed by atoms with Gasteiger partial charge < -0.3 is 15.0 Å². The SMILES string of the molecule is CC[C@H](NC(=O)c1cccnc1)c1ccccc1OCC(=O)N1CCCC1. The Labute approximate surface area is 159 Å². The van der Waals surface area contributed by atoms with Crippen LogP contribution >= 0.6 is 0 Å². The van der Waals surface area contributed by atoms with Crippen molar-refractivity contribution in [3.63, 3.8) is 0 Å². The van der Waals surface area contributed by atoms with Crippen LogP contribution in [-0.2, 0) is 4.79 Å². The fourth-order valence-corrected chi connectivity index (χ4v) is 3.24. The molecule has 6 heteroatoms. The highest BCUT2D eigenvalue weighted by Crippen LogP contribution is 2.27. The molecule has 142 valence electrons. The van der Waals surface area contributed by atoms with Crippen molar-refractivity contribution in [3.05, 3.63) is 59.9 Å². The number of carbonyl (C=O) groups excluding carboxylic acids is 2. The van der Waals surface area contributed by atoms with Crippen LogP contribution in [0.5, 0.6) is 5.75 Å². The number of aromatic nitrogens is 1. The first kappa shape index (κ1) is 18.9. The van der Waals surface area contributed by atoms with Crippen LogP contribution in [0.1, 0.15) is 48.1 Å². The number of nitrogens with zero attached hydrogens (tertiary/aromatic N) is 2. The van der Waals surface area contributed by atoms with E-state index in [1.165, 1.54) is 0 Å². The zero-order valence-corrected chi connectivity index (χ0v) is 15.6. The molecule has 1 aromatic heterocycles. The summed E-state index contributed by atoms with van der Waals surface area (Å²) in [5, 5.41) is 3.03. The van der Waals surface area contributed by atoms with E-state index in [1.807, 2.05) is 36.1 Å². The molecule has 1 atom stereocenters. The fourth-order valence-electron chi connectivity index (χ4n) is 3.24. The molecule has 0 radical (unpaired) electrons. The minimum absolute atomic E-state index is 0.00903. The number of likely N-dealkylation sites (tertiary alicyclic amines) is 1. The predicted molar refractivity (Wildman–Crippen MR) is 102 cm³/mol. The van der Waals surface area contributed by atoms with E-state index in [-0.39, 0.29) is 24.5 Å². The maximum Gasteiger partial charge on any atom is 0.260 e. The molecule has 0 spiro atoms. The number of nitrogens with one attached hydrogen (secondary N) is 1. The van der Waals surface area contributed by atoms with Gasteiger partial charge in [-0.2, -0.15) is 0 Å². The number of pyridine rings is 1. The highest BCUT2D eigenvalue weighted by atomic mass is 16.5. The fraction of sp³-hybridized carbons (Fsp3) is 0.381. The molecule has 0 aliphatic carbocycles. The van der Waals surface area contributed by atoms with Crippen LogP contribution in [0.15, 0.2) is 48.8 Å². The van der Waals surface area contributed by atoms with Crippen molar-refractivity contribution >= 4 is 11.8 Å². The number of ether oxygens (including phenoxy) is 1. The van der Waals surface area contributed by atoms with Crippen LogP contribution in [-0.4, -0.2) is 41.4 Å². The first-order chi connectivity index (χ1) is 13.2. The highest BCUT2D eigenvalue weighted by Gasteiger charge is 2.21. The molecule has 0 unspecified atom stereocenters. The Morgan fingerprint density at radius 3 is 2.67 bits per heavy atom. The van der Waals surface area contributed by atoms with E-state index >= 15 is 0 Å². The largest absolute Gasteiger partial charge is 0.483 e. The second kappa shape index (κ2) is 9.16. The third-order valence-corrected chi connectivity index (χ3v) is 4.74. The number of hydrogen-bond donors (Lipinski definition) is 1. The number of rotatable bonds is 7. The van der Waals surface area contributed by atoms with Gasteiger partial charge in [-0.05, 0) is 37.5 Å². The van der Waals surface area contributed by atoms with Gasteiger partial charge in [0.1, 0.15) is 5.75 Å². The summed E-state index contributed by atoms with van der Waals surface area (Å²) in [6.45, 7) is 3.63. The minimum atomic E-state index is -0.212. The molecule has 2 amide bonds. The van der Waals surface area contributed by atoms with Crippen molar-refractivity contribution < 1.29 is 14.3 Å². The van der Waals surface area contributed by atoms with Gasteiger partial charge in [0.25, 0.3) is 11.8 Å². The number of benzene rings is 1. The summed E-state index contributed by atoms with van der Waals surface area (Å²) in [5.41, 5.74) is 1.38. The van der Waals surface area contributed by atoms with Crippen LogP contribution in [0.4, 0.5) is 0 Å². The first-order valence-electron chi connectivity index (χ1n) is 9.39. The van der Waals surface area contributed by atoms with Crippen LogP contribution in [0.25, 0.3) is 0 Å². The van der Waals surface area contributed by atoms with Crippen molar-refractivity contribution in [1.82, 2.24) is 15.2 Å². The maximum atomic E-state index is 12.5. The van der Waals surface area contributed by atoms with Gasteiger partial charge >= 0.3 is 0 Å². The second-order valence-electron chi connectivity index (χ2n) is 6.59. The van der Waals surface area contributed by atoms with E-state index in [2.05, 4.69) is 10.3 Å². The van der Waals surface area contributed by atoms with E-state index in [0.29, 0.717) is 17.7 Å². The highest BCUT2D eigenvalue weighted by molar-refractivity contribution is 5.94. The Hall–Kier alpha value is -2.89. The van der Waals surface area contributed by atoms with Crippen molar-refractivity contribution in [2.45, 2.75) is 32.2 Å². The molecule has 2 heterocycles. The van der Waals surface area contributed by atoms with Crippen LogP contribution < -0.4 is 10.1 Å². The Morgan fingerprint density at radius 1 is 1.19 bits per heavy atom. The van der Waals surface area contributed by atoms with Crippen molar-refractivity contribution in [1.29, 1.82) is 0 Å². The molecule has 0 saturated carbocycles. The summed E-state index contributed by atoms with van der Waals surface area (Å²) < 4.78 is 5.83. The Balaban J connectivity index is 1.68. The van der Waals surface area contributed by atoms with E-state index in [0.717, 1.165) is 31.5 Å². The number of para-hydroxylation sites is 1. The molecule has 1 aromatic carbocycles. The third-order valence-electron chi connectivity index (χ3n) is 4.74. The molecule has 1 fully saturated rings. The minimum Gasteiger partial charge on any atom is -0.483 e. The van der Waals surface area contributed by atoms with Gasteiger partial charge in [0.15, 0.2) is 6.61 Å². The van der Waals surface area contributed by atoms with Gasteiger partial charge in [0.05, 0.1) is 11.6 Å². The average Bonchev–Trinajstić information content (AvgIpc) is 3.26. The molecule has 27 heavy (non-hydrogen) atoms.